The number of hydrogen-bond acceptors (Lipinski definition) is 2. The van der Waals surface area contributed by atoms with Gasteiger partial charge in [-0.25, -0.2) is 4.98 Å². The van der Waals surface area contributed by atoms with Crippen LogP contribution in [0.25, 0.3) is 11.0 Å². The molecule has 0 radical (unpaired) electrons. The van der Waals surface area contributed by atoms with Gasteiger partial charge < -0.3 is 4.57 Å². The van der Waals surface area contributed by atoms with Crippen molar-refractivity contribution in [1.29, 1.82) is 0 Å². The minimum absolute atomic E-state index is 0.454. The number of benzene rings is 2. The van der Waals surface area contributed by atoms with Crippen LogP contribution in [0.4, 0.5) is 0 Å². The van der Waals surface area contributed by atoms with E-state index in [0.29, 0.717) is 28.0 Å². The summed E-state index contributed by atoms with van der Waals surface area (Å²) in [6.45, 7) is 4.30. The molecule has 1 aromatic heterocycles. The minimum Gasteiger partial charge on any atom is -0.325 e. The van der Waals surface area contributed by atoms with E-state index in [2.05, 4.69) is 28.5 Å². The number of hydrogen-bond donors (Lipinski definition) is 0. The van der Waals surface area contributed by atoms with E-state index < -0.39 is 0 Å². The van der Waals surface area contributed by atoms with Crippen molar-refractivity contribution >= 4 is 45.8 Å². The summed E-state index contributed by atoms with van der Waals surface area (Å²) in [5.74, 6) is 1.58. The molecule has 0 spiro atoms. The number of aromatic nitrogens is 2. The van der Waals surface area contributed by atoms with Crippen molar-refractivity contribution < 1.29 is 0 Å². The Kier molecular flexibility index (Phi) is 5.28. The summed E-state index contributed by atoms with van der Waals surface area (Å²) < 4.78 is 2.38. The molecule has 5 rings (SSSR count). The number of aryl methyl sites for hydroxylation is 1. The van der Waals surface area contributed by atoms with Crippen molar-refractivity contribution in [2.24, 2.45) is 0 Å². The lowest BCUT2D eigenvalue weighted by atomic mass is 9.82. The lowest BCUT2D eigenvalue weighted by Gasteiger charge is -2.45. The Bertz CT molecular complexity index is 1060. The highest BCUT2D eigenvalue weighted by atomic mass is 35.5. The van der Waals surface area contributed by atoms with Crippen LogP contribution in [0.1, 0.15) is 49.0 Å². The van der Waals surface area contributed by atoms with Crippen LogP contribution < -0.4 is 0 Å². The van der Waals surface area contributed by atoms with E-state index in [1.54, 1.807) is 0 Å². The van der Waals surface area contributed by atoms with Gasteiger partial charge >= 0.3 is 0 Å². The van der Waals surface area contributed by atoms with E-state index in [1.807, 2.05) is 24.3 Å². The van der Waals surface area contributed by atoms with Crippen molar-refractivity contribution in [3.05, 3.63) is 62.9 Å². The Morgan fingerprint density at radius 1 is 0.931 bits per heavy atom. The van der Waals surface area contributed by atoms with Gasteiger partial charge in [-0.05, 0) is 62.3 Å². The van der Waals surface area contributed by atoms with Crippen LogP contribution in [-0.2, 0) is 0 Å². The van der Waals surface area contributed by atoms with Crippen molar-refractivity contribution in [1.82, 2.24) is 14.5 Å². The quantitative estimate of drug-likeness (QED) is 0.425. The number of halogens is 3. The number of fused-ring (bicyclic) bond motifs is 2. The first kappa shape index (κ1) is 19.7. The molecule has 2 aromatic carbocycles. The van der Waals surface area contributed by atoms with E-state index in [1.165, 1.54) is 18.4 Å². The normalized spacial score (nSPS) is 25.3. The average Bonchev–Trinajstić information content (AvgIpc) is 3.02. The third-order valence-electron chi connectivity index (χ3n) is 6.73. The standard InChI is InChI=1S/C23H24Cl3N3/c1-14-27-22-11-20(25)21(26)12-23(22)29(14)17-8-9-28-13-15(6-7-16(28)10-17)18-4-2-3-5-19(18)24/h2-5,11-12,15-17H,6-10,13H2,1H3/t15-,16+,17+/m0/s1. The Morgan fingerprint density at radius 2 is 1.72 bits per heavy atom. The molecular formula is C23H24Cl3N3. The van der Waals surface area contributed by atoms with Gasteiger partial charge in [-0.2, -0.15) is 0 Å². The van der Waals surface area contributed by atoms with E-state index >= 15 is 0 Å². The fraction of sp³-hybridized carbons (Fsp3) is 0.435. The first-order chi connectivity index (χ1) is 14.0. The Morgan fingerprint density at radius 3 is 2.55 bits per heavy atom. The summed E-state index contributed by atoms with van der Waals surface area (Å²) >= 11 is 19.0. The molecule has 0 saturated carbocycles. The summed E-state index contributed by atoms with van der Waals surface area (Å²) in [5, 5.41) is 2.07. The zero-order valence-corrected chi connectivity index (χ0v) is 18.7. The molecule has 29 heavy (non-hydrogen) atoms. The van der Waals surface area contributed by atoms with E-state index in [9.17, 15) is 0 Å². The van der Waals surface area contributed by atoms with Crippen LogP contribution in [0.5, 0.6) is 0 Å². The van der Waals surface area contributed by atoms with Crippen molar-refractivity contribution in [3.8, 4) is 0 Å². The molecule has 2 fully saturated rings. The fourth-order valence-corrected chi connectivity index (χ4v) is 5.96. The van der Waals surface area contributed by atoms with E-state index in [4.69, 9.17) is 39.8 Å². The molecule has 3 nitrogen and oxygen atoms in total. The van der Waals surface area contributed by atoms with Gasteiger partial charge in [0.25, 0.3) is 0 Å². The fourth-order valence-electron chi connectivity index (χ4n) is 5.35. The Balaban J connectivity index is 1.37. The molecule has 2 saturated heterocycles. The number of nitrogens with zero attached hydrogens (tertiary/aromatic N) is 3. The van der Waals surface area contributed by atoms with Crippen LogP contribution in [0.3, 0.4) is 0 Å². The molecule has 152 valence electrons. The number of imidazole rings is 1. The lowest BCUT2D eigenvalue weighted by molar-refractivity contribution is 0.0716. The molecule has 2 aliphatic rings. The minimum atomic E-state index is 0.454. The maximum Gasteiger partial charge on any atom is 0.106 e. The third kappa shape index (κ3) is 3.57. The molecule has 0 unspecified atom stereocenters. The predicted octanol–water partition coefficient (Wildman–Crippen LogP) is 6.89. The molecule has 3 atom stereocenters. The van der Waals surface area contributed by atoms with Crippen LogP contribution in [-0.4, -0.2) is 33.6 Å². The van der Waals surface area contributed by atoms with E-state index in [-0.39, 0.29) is 0 Å². The predicted molar refractivity (Wildman–Crippen MR) is 122 cm³/mol. The number of piperidine rings is 2. The van der Waals surface area contributed by atoms with Crippen LogP contribution >= 0.6 is 34.8 Å². The van der Waals surface area contributed by atoms with Gasteiger partial charge in [0.05, 0.1) is 21.1 Å². The summed E-state index contributed by atoms with van der Waals surface area (Å²) in [6, 6.07) is 13.2. The molecule has 0 aliphatic carbocycles. The monoisotopic (exact) mass is 447 g/mol. The van der Waals surface area contributed by atoms with Gasteiger partial charge in [0, 0.05) is 30.2 Å². The average molecular weight is 449 g/mol. The highest BCUT2D eigenvalue weighted by Gasteiger charge is 2.36. The maximum absolute atomic E-state index is 6.47. The zero-order chi connectivity index (χ0) is 20.1. The van der Waals surface area contributed by atoms with E-state index in [0.717, 1.165) is 47.8 Å². The molecule has 3 aromatic rings. The van der Waals surface area contributed by atoms with Gasteiger partial charge in [0.15, 0.2) is 0 Å². The second kappa shape index (κ2) is 7.77. The third-order valence-corrected chi connectivity index (χ3v) is 7.80. The van der Waals surface area contributed by atoms with Gasteiger partial charge in [0.2, 0.25) is 0 Å². The van der Waals surface area contributed by atoms with Gasteiger partial charge in [-0.15, -0.1) is 0 Å². The van der Waals surface area contributed by atoms with Crippen molar-refractivity contribution in [2.75, 3.05) is 13.1 Å². The molecule has 6 heteroatoms. The summed E-state index contributed by atoms with van der Waals surface area (Å²) in [6.07, 6.45) is 4.69. The van der Waals surface area contributed by atoms with Crippen molar-refractivity contribution in [3.63, 3.8) is 0 Å². The molecule has 0 bridgehead atoms. The summed E-state index contributed by atoms with van der Waals surface area (Å²) in [5.41, 5.74) is 3.33. The van der Waals surface area contributed by atoms with Crippen LogP contribution in [0, 0.1) is 6.92 Å². The summed E-state index contributed by atoms with van der Waals surface area (Å²) in [7, 11) is 0. The molecule has 0 amide bonds. The van der Waals surface area contributed by atoms with Crippen LogP contribution in [0.2, 0.25) is 15.1 Å². The Hall–Kier alpha value is -1.26. The van der Waals surface area contributed by atoms with Crippen LogP contribution in [0.15, 0.2) is 36.4 Å². The Labute approximate surface area is 186 Å². The van der Waals surface area contributed by atoms with Gasteiger partial charge in [-0.3, -0.25) is 4.90 Å². The zero-order valence-electron chi connectivity index (χ0n) is 16.4. The van der Waals surface area contributed by atoms with Gasteiger partial charge in [-0.1, -0.05) is 53.0 Å². The molecule has 0 N–H and O–H groups in total. The molecular weight excluding hydrogens is 425 g/mol. The first-order valence-corrected chi connectivity index (χ1v) is 11.5. The van der Waals surface area contributed by atoms with Gasteiger partial charge in [0.1, 0.15) is 5.82 Å². The second-order valence-electron chi connectivity index (χ2n) is 8.41. The first-order valence-electron chi connectivity index (χ1n) is 10.3. The smallest absolute Gasteiger partial charge is 0.106 e. The van der Waals surface area contributed by atoms with Crippen molar-refractivity contribution in [2.45, 2.75) is 50.6 Å². The highest BCUT2D eigenvalue weighted by molar-refractivity contribution is 6.42. The molecule has 2 aliphatic heterocycles. The second-order valence-corrected chi connectivity index (χ2v) is 9.63. The highest BCUT2D eigenvalue weighted by Crippen LogP contribution is 2.40. The summed E-state index contributed by atoms with van der Waals surface area (Å²) in [4.78, 5) is 7.42. The maximum atomic E-state index is 6.47. The molecule has 3 heterocycles. The largest absolute Gasteiger partial charge is 0.325 e. The topological polar surface area (TPSA) is 21.1 Å². The SMILES string of the molecule is Cc1nc2cc(Cl)c(Cl)cc2n1[C@@H]1CCN2C[C@@H](c3ccccc3Cl)CC[C@@H]2C1. The number of rotatable bonds is 2. The lowest BCUT2D eigenvalue weighted by Crippen LogP contribution is -2.48.